The Bertz CT molecular complexity index is 1190. The van der Waals surface area contributed by atoms with Crippen molar-refractivity contribution < 1.29 is 19.0 Å². The van der Waals surface area contributed by atoms with Crippen molar-refractivity contribution in [2.75, 3.05) is 20.3 Å². The van der Waals surface area contributed by atoms with E-state index in [1.165, 1.54) is 0 Å². The number of carbonyl (C=O) groups is 1. The van der Waals surface area contributed by atoms with Gasteiger partial charge in [0.15, 0.2) is 0 Å². The van der Waals surface area contributed by atoms with E-state index < -0.39 is 5.97 Å². The fourth-order valence-electron chi connectivity index (χ4n) is 3.16. The minimum absolute atomic E-state index is 0.142. The Morgan fingerprint density at radius 1 is 0.903 bits per heavy atom. The van der Waals surface area contributed by atoms with Crippen molar-refractivity contribution in [1.29, 1.82) is 0 Å². The minimum atomic E-state index is -0.409. The smallest absolute Gasteiger partial charge is 0.339 e. The molecule has 0 unspecified atom stereocenters. The van der Waals surface area contributed by atoms with Crippen molar-refractivity contribution in [3.8, 4) is 22.8 Å². The van der Waals surface area contributed by atoms with Gasteiger partial charge in [0.05, 0.1) is 23.9 Å². The number of carbonyl (C=O) groups excluding carboxylic acids is 1. The molecule has 31 heavy (non-hydrogen) atoms. The number of esters is 1. The van der Waals surface area contributed by atoms with Crippen LogP contribution in [0.4, 0.5) is 0 Å². The van der Waals surface area contributed by atoms with E-state index in [1.807, 2.05) is 72.8 Å². The van der Waals surface area contributed by atoms with Crippen LogP contribution in [0, 0.1) is 0 Å². The van der Waals surface area contributed by atoms with Crippen LogP contribution in [0.1, 0.15) is 10.4 Å². The Morgan fingerprint density at radius 2 is 1.61 bits per heavy atom. The molecule has 0 N–H and O–H groups in total. The second-order valence-corrected chi connectivity index (χ2v) is 7.65. The molecule has 1 heterocycles. The summed E-state index contributed by atoms with van der Waals surface area (Å²) in [6.45, 7) is 0.408. The maximum absolute atomic E-state index is 12.9. The first kappa shape index (κ1) is 20.9. The van der Waals surface area contributed by atoms with Gasteiger partial charge in [0, 0.05) is 15.4 Å². The lowest BCUT2D eigenvalue weighted by atomic mass is 10.0. The first-order valence-electron chi connectivity index (χ1n) is 9.74. The maximum atomic E-state index is 12.9. The topological polar surface area (TPSA) is 57.7 Å². The average Bonchev–Trinajstić information content (AvgIpc) is 2.82. The third-order valence-corrected chi connectivity index (χ3v) is 5.25. The van der Waals surface area contributed by atoms with Crippen molar-refractivity contribution in [2.24, 2.45) is 0 Å². The Labute approximate surface area is 188 Å². The molecule has 6 heteroatoms. The van der Waals surface area contributed by atoms with Gasteiger partial charge in [0.25, 0.3) is 0 Å². The van der Waals surface area contributed by atoms with Crippen LogP contribution in [0.2, 0.25) is 0 Å². The van der Waals surface area contributed by atoms with Gasteiger partial charge in [-0.25, -0.2) is 9.78 Å². The van der Waals surface area contributed by atoms with E-state index in [2.05, 4.69) is 15.9 Å². The van der Waals surface area contributed by atoms with Crippen LogP contribution in [-0.2, 0) is 4.74 Å². The average molecular weight is 478 g/mol. The highest BCUT2D eigenvalue weighted by atomic mass is 79.9. The Balaban J connectivity index is 1.52. The van der Waals surface area contributed by atoms with Crippen LogP contribution >= 0.6 is 15.9 Å². The van der Waals surface area contributed by atoms with Crippen LogP contribution in [0.15, 0.2) is 83.3 Å². The number of hydrogen-bond donors (Lipinski definition) is 0. The number of fused-ring (bicyclic) bond motifs is 1. The molecular weight excluding hydrogens is 458 g/mol. The van der Waals surface area contributed by atoms with Gasteiger partial charge in [-0.3, -0.25) is 0 Å². The van der Waals surface area contributed by atoms with E-state index in [9.17, 15) is 4.79 Å². The molecule has 0 saturated carbocycles. The highest BCUT2D eigenvalue weighted by molar-refractivity contribution is 9.10. The number of pyridine rings is 1. The molecule has 0 atom stereocenters. The van der Waals surface area contributed by atoms with Crippen molar-refractivity contribution in [2.45, 2.75) is 0 Å². The molecule has 0 amide bonds. The summed E-state index contributed by atoms with van der Waals surface area (Å²) in [5.74, 6) is 1.07. The molecule has 0 radical (unpaired) electrons. The minimum Gasteiger partial charge on any atom is -0.497 e. The molecule has 0 aliphatic rings. The van der Waals surface area contributed by atoms with Crippen molar-refractivity contribution >= 4 is 32.8 Å². The van der Waals surface area contributed by atoms with Gasteiger partial charge in [-0.2, -0.15) is 0 Å². The lowest BCUT2D eigenvalue weighted by molar-refractivity contribution is 0.0452. The highest BCUT2D eigenvalue weighted by Crippen LogP contribution is 2.27. The summed E-state index contributed by atoms with van der Waals surface area (Å²) in [4.78, 5) is 17.6. The highest BCUT2D eigenvalue weighted by Gasteiger charge is 2.15. The fourth-order valence-corrected chi connectivity index (χ4v) is 3.42. The Hall–Kier alpha value is -3.38. The third-order valence-electron chi connectivity index (χ3n) is 4.72. The molecule has 0 aliphatic heterocycles. The molecule has 0 spiro atoms. The molecule has 1 aromatic heterocycles. The molecule has 0 saturated heterocycles. The van der Waals surface area contributed by atoms with Gasteiger partial charge in [-0.05, 0) is 60.7 Å². The summed E-state index contributed by atoms with van der Waals surface area (Å²) in [5.41, 5.74) is 2.78. The van der Waals surface area contributed by atoms with E-state index in [4.69, 9.17) is 19.2 Å². The van der Waals surface area contributed by atoms with Gasteiger partial charge in [-0.15, -0.1) is 0 Å². The van der Waals surface area contributed by atoms with E-state index >= 15 is 0 Å². The Morgan fingerprint density at radius 3 is 2.35 bits per heavy atom. The second-order valence-electron chi connectivity index (χ2n) is 6.74. The number of rotatable bonds is 7. The quantitative estimate of drug-likeness (QED) is 0.244. The van der Waals surface area contributed by atoms with E-state index in [1.54, 1.807) is 13.2 Å². The van der Waals surface area contributed by atoms with Crippen LogP contribution in [0.25, 0.3) is 22.2 Å². The molecule has 0 fully saturated rings. The van der Waals surface area contributed by atoms with Crippen LogP contribution in [-0.4, -0.2) is 31.3 Å². The molecule has 3 aromatic carbocycles. The van der Waals surface area contributed by atoms with Gasteiger partial charge >= 0.3 is 5.97 Å². The number of methoxy groups -OCH3 is 1. The third kappa shape index (κ3) is 5.03. The second kappa shape index (κ2) is 9.62. The van der Waals surface area contributed by atoms with Crippen LogP contribution in [0.5, 0.6) is 11.5 Å². The lowest BCUT2D eigenvalue weighted by Crippen LogP contribution is -2.13. The summed E-state index contributed by atoms with van der Waals surface area (Å²) in [7, 11) is 1.62. The molecule has 156 valence electrons. The molecule has 4 aromatic rings. The van der Waals surface area contributed by atoms with Crippen LogP contribution < -0.4 is 9.47 Å². The summed E-state index contributed by atoms with van der Waals surface area (Å²) in [6.07, 6.45) is 0. The zero-order valence-corrected chi connectivity index (χ0v) is 18.5. The van der Waals surface area contributed by atoms with Gasteiger partial charge < -0.3 is 14.2 Å². The predicted molar refractivity (Wildman–Crippen MR) is 124 cm³/mol. The molecule has 5 nitrogen and oxygen atoms in total. The molecular formula is C25H20BrNO4. The Kier molecular flexibility index (Phi) is 6.48. The van der Waals surface area contributed by atoms with Gasteiger partial charge in [0.2, 0.25) is 0 Å². The zero-order chi connectivity index (χ0) is 21.6. The summed E-state index contributed by atoms with van der Waals surface area (Å²) >= 11 is 3.39. The number of ether oxygens (including phenoxy) is 3. The molecule has 0 bridgehead atoms. The maximum Gasteiger partial charge on any atom is 0.339 e. The number of hydrogen-bond acceptors (Lipinski definition) is 5. The number of aromatic nitrogens is 1. The predicted octanol–water partition coefficient (Wildman–Crippen LogP) is 5.91. The first-order valence-corrected chi connectivity index (χ1v) is 10.5. The summed E-state index contributed by atoms with van der Waals surface area (Å²) in [5, 5.41) is 0.749. The lowest BCUT2D eigenvalue weighted by Gasteiger charge is -2.11. The first-order chi connectivity index (χ1) is 15.1. The zero-order valence-electron chi connectivity index (χ0n) is 16.9. The molecule has 0 aliphatic carbocycles. The number of benzene rings is 3. The summed E-state index contributed by atoms with van der Waals surface area (Å²) in [6, 6.07) is 24.3. The largest absolute Gasteiger partial charge is 0.497 e. The van der Waals surface area contributed by atoms with E-state index in [0.717, 1.165) is 32.4 Å². The number of para-hydroxylation sites is 1. The van der Waals surface area contributed by atoms with Crippen molar-refractivity contribution in [1.82, 2.24) is 4.98 Å². The fraction of sp³-hybridized carbons (Fsp3) is 0.120. The normalized spacial score (nSPS) is 10.6. The van der Waals surface area contributed by atoms with Crippen molar-refractivity contribution in [3.63, 3.8) is 0 Å². The number of halogens is 1. The standard InChI is InChI=1S/C25H20BrNO4/c1-29-19-10-6-17(7-11-19)24-16-22(21-4-2-3-5-23(21)27-24)25(28)31-15-14-30-20-12-8-18(26)9-13-20/h2-13,16H,14-15H2,1H3. The SMILES string of the molecule is COc1ccc(-c2cc(C(=O)OCCOc3ccc(Br)cc3)c3ccccc3n2)cc1. The van der Waals surface area contributed by atoms with Crippen molar-refractivity contribution in [3.05, 3.63) is 88.9 Å². The van der Waals surface area contributed by atoms with E-state index in [0.29, 0.717) is 11.3 Å². The van der Waals surface area contributed by atoms with E-state index in [-0.39, 0.29) is 13.2 Å². The van der Waals surface area contributed by atoms with Gasteiger partial charge in [-0.1, -0.05) is 34.1 Å². The number of nitrogens with zero attached hydrogens (tertiary/aromatic N) is 1. The molecule has 4 rings (SSSR count). The van der Waals surface area contributed by atoms with Crippen LogP contribution in [0.3, 0.4) is 0 Å². The monoisotopic (exact) mass is 477 g/mol. The summed E-state index contributed by atoms with van der Waals surface area (Å²) < 4.78 is 17.3. The van der Waals surface area contributed by atoms with Gasteiger partial charge in [0.1, 0.15) is 24.7 Å².